The van der Waals surface area contributed by atoms with Crippen LogP contribution in [0.4, 0.5) is 8.78 Å². The van der Waals surface area contributed by atoms with Gasteiger partial charge in [-0.25, -0.2) is 13.6 Å². The molecule has 0 N–H and O–H groups in total. The third kappa shape index (κ3) is 2.75. The van der Waals surface area contributed by atoms with Gasteiger partial charge >= 0.3 is 5.97 Å². The van der Waals surface area contributed by atoms with E-state index in [1.54, 1.807) is 24.3 Å². The summed E-state index contributed by atoms with van der Waals surface area (Å²) in [6.07, 6.45) is 3.16. The Balaban J connectivity index is 2.20. The van der Waals surface area contributed by atoms with E-state index in [2.05, 4.69) is 0 Å². The number of fused-ring (bicyclic) bond motifs is 1. The van der Waals surface area contributed by atoms with E-state index in [-0.39, 0.29) is 10.6 Å². The molecule has 118 valence electrons. The van der Waals surface area contributed by atoms with E-state index in [4.69, 9.17) is 16.3 Å². The molecule has 2 aromatic carbocycles. The number of carbonyl (C=O) groups is 1. The van der Waals surface area contributed by atoms with Crippen LogP contribution in [0.2, 0.25) is 5.02 Å². The van der Waals surface area contributed by atoms with Crippen LogP contribution in [0.15, 0.2) is 36.4 Å². The van der Waals surface area contributed by atoms with E-state index < -0.39 is 17.6 Å². The van der Waals surface area contributed by atoms with E-state index in [9.17, 15) is 13.6 Å². The van der Waals surface area contributed by atoms with Crippen molar-refractivity contribution in [2.24, 2.45) is 0 Å². The van der Waals surface area contributed by atoms with Crippen molar-refractivity contribution in [1.29, 1.82) is 0 Å². The van der Waals surface area contributed by atoms with Crippen LogP contribution in [0, 0.1) is 11.6 Å². The molecule has 0 saturated heterocycles. The van der Waals surface area contributed by atoms with E-state index in [1.165, 1.54) is 13.2 Å². The topological polar surface area (TPSA) is 26.3 Å². The second-order valence-electron chi connectivity index (χ2n) is 5.24. The van der Waals surface area contributed by atoms with Crippen molar-refractivity contribution in [2.75, 3.05) is 7.11 Å². The average molecular weight is 335 g/mol. The summed E-state index contributed by atoms with van der Waals surface area (Å²) in [6, 6.07) is 7.37. The molecule has 0 bridgehead atoms. The van der Waals surface area contributed by atoms with Crippen molar-refractivity contribution < 1.29 is 18.3 Å². The van der Waals surface area contributed by atoms with Gasteiger partial charge in [0.05, 0.1) is 23.3 Å². The van der Waals surface area contributed by atoms with Crippen LogP contribution in [-0.4, -0.2) is 13.1 Å². The molecule has 0 fully saturated rings. The van der Waals surface area contributed by atoms with E-state index in [0.29, 0.717) is 23.1 Å². The predicted molar refractivity (Wildman–Crippen MR) is 84.5 cm³/mol. The molecular weight excluding hydrogens is 322 g/mol. The Kier molecular flexibility index (Phi) is 4.18. The molecule has 2 nitrogen and oxygen atoms in total. The van der Waals surface area contributed by atoms with Crippen LogP contribution in [0.3, 0.4) is 0 Å². The molecule has 1 aliphatic carbocycles. The lowest BCUT2D eigenvalue weighted by atomic mass is 9.85. The van der Waals surface area contributed by atoms with Gasteiger partial charge in [-0.2, -0.15) is 0 Å². The Morgan fingerprint density at radius 3 is 2.74 bits per heavy atom. The number of hydrogen-bond acceptors (Lipinski definition) is 2. The van der Waals surface area contributed by atoms with Gasteiger partial charge in [0.2, 0.25) is 0 Å². The number of hydrogen-bond donors (Lipinski definition) is 0. The second-order valence-corrected chi connectivity index (χ2v) is 5.65. The molecule has 0 heterocycles. The molecule has 2 aromatic rings. The minimum atomic E-state index is -0.797. The molecule has 0 atom stereocenters. The van der Waals surface area contributed by atoms with E-state index in [0.717, 1.165) is 18.1 Å². The van der Waals surface area contributed by atoms with Crippen molar-refractivity contribution in [3.05, 3.63) is 75.3 Å². The quantitative estimate of drug-likeness (QED) is 0.583. The summed E-state index contributed by atoms with van der Waals surface area (Å²) in [5.74, 6) is -1.98. The minimum absolute atomic E-state index is 0.140. The van der Waals surface area contributed by atoms with Gasteiger partial charge in [0.1, 0.15) is 5.82 Å². The van der Waals surface area contributed by atoms with Gasteiger partial charge in [0, 0.05) is 0 Å². The van der Waals surface area contributed by atoms with Gasteiger partial charge in [0.25, 0.3) is 0 Å². The minimum Gasteiger partial charge on any atom is -0.465 e. The van der Waals surface area contributed by atoms with Crippen molar-refractivity contribution in [3.8, 4) is 0 Å². The molecule has 5 heteroatoms. The van der Waals surface area contributed by atoms with Crippen LogP contribution in [0.5, 0.6) is 0 Å². The highest BCUT2D eigenvalue weighted by Gasteiger charge is 2.23. The highest BCUT2D eigenvalue weighted by molar-refractivity contribution is 6.31. The van der Waals surface area contributed by atoms with Gasteiger partial charge in [-0.1, -0.05) is 23.7 Å². The van der Waals surface area contributed by atoms with Crippen LogP contribution in [0.25, 0.3) is 5.57 Å². The highest BCUT2D eigenvalue weighted by Crippen LogP contribution is 2.36. The monoisotopic (exact) mass is 334 g/mol. The fourth-order valence-corrected chi connectivity index (χ4v) is 2.94. The maximum atomic E-state index is 14.4. The first-order valence-electron chi connectivity index (χ1n) is 7.08. The number of carbonyl (C=O) groups excluding carboxylic acids is 1. The third-order valence-electron chi connectivity index (χ3n) is 3.90. The Labute approximate surface area is 137 Å². The number of aryl methyl sites for hydroxylation is 1. The van der Waals surface area contributed by atoms with E-state index in [1.807, 2.05) is 0 Å². The molecule has 0 unspecified atom stereocenters. The molecule has 1 aliphatic rings. The molecule has 0 saturated carbocycles. The van der Waals surface area contributed by atoms with Crippen LogP contribution >= 0.6 is 11.6 Å². The van der Waals surface area contributed by atoms with E-state index >= 15 is 0 Å². The Morgan fingerprint density at radius 1 is 1.22 bits per heavy atom. The first-order valence-corrected chi connectivity index (χ1v) is 7.46. The number of esters is 1. The Morgan fingerprint density at radius 2 is 2.00 bits per heavy atom. The maximum absolute atomic E-state index is 14.4. The summed E-state index contributed by atoms with van der Waals surface area (Å²) in [4.78, 5) is 11.7. The molecule has 0 radical (unpaired) electrons. The third-order valence-corrected chi connectivity index (χ3v) is 4.19. The largest absolute Gasteiger partial charge is 0.465 e. The Bertz CT molecular complexity index is 828. The lowest BCUT2D eigenvalue weighted by Gasteiger charge is -2.20. The fraction of sp³-hybridized carbons (Fsp3) is 0.167. The Hall–Kier alpha value is -2.20. The van der Waals surface area contributed by atoms with Crippen LogP contribution < -0.4 is 0 Å². The van der Waals surface area contributed by atoms with Gasteiger partial charge in [-0.15, -0.1) is 0 Å². The normalized spacial score (nSPS) is 13.3. The van der Waals surface area contributed by atoms with Gasteiger partial charge in [-0.3, -0.25) is 0 Å². The number of ether oxygens (including phenoxy) is 1. The number of halogens is 3. The summed E-state index contributed by atoms with van der Waals surface area (Å²) >= 11 is 5.79. The molecule has 0 aromatic heterocycles. The summed E-state index contributed by atoms with van der Waals surface area (Å²) in [5.41, 5.74) is 2.13. The highest BCUT2D eigenvalue weighted by atomic mass is 35.5. The summed E-state index contributed by atoms with van der Waals surface area (Å²) < 4.78 is 33.3. The smallest absolute Gasteiger partial charge is 0.337 e. The number of rotatable bonds is 2. The number of benzene rings is 2. The number of allylic oxidation sites excluding steroid dienone is 1. The zero-order valence-corrected chi connectivity index (χ0v) is 13.1. The first kappa shape index (κ1) is 15.7. The fourth-order valence-electron chi connectivity index (χ4n) is 2.78. The molecule has 0 spiro atoms. The predicted octanol–water partition coefficient (Wildman–Crippen LogP) is 4.78. The summed E-state index contributed by atoms with van der Waals surface area (Å²) in [7, 11) is 1.29. The molecule has 0 amide bonds. The lowest BCUT2D eigenvalue weighted by molar-refractivity contribution is 0.0600. The van der Waals surface area contributed by atoms with Gasteiger partial charge < -0.3 is 4.74 Å². The SMILES string of the molecule is COC(=O)c1ccc2c(c1)C(c1c(F)ccc(Cl)c1F)=CCC2. The standard InChI is InChI=1S/C18H13ClF2O2/c1-23-18(22)11-6-5-10-3-2-4-12(13(10)9-11)16-15(20)8-7-14(19)17(16)21/h4-9H,2-3H2,1H3. The second kappa shape index (κ2) is 6.13. The zero-order chi connectivity index (χ0) is 16.6. The van der Waals surface area contributed by atoms with Gasteiger partial charge in [-0.05, 0) is 53.8 Å². The first-order chi connectivity index (χ1) is 11.0. The van der Waals surface area contributed by atoms with Crippen LogP contribution in [-0.2, 0) is 11.2 Å². The summed E-state index contributed by atoms with van der Waals surface area (Å²) in [6.45, 7) is 0. The summed E-state index contributed by atoms with van der Waals surface area (Å²) in [5, 5.41) is -0.140. The van der Waals surface area contributed by atoms with Crippen molar-refractivity contribution in [3.63, 3.8) is 0 Å². The molecule has 3 rings (SSSR count). The van der Waals surface area contributed by atoms with Crippen molar-refractivity contribution in [2.45, 2.75) is 12.8 Å². The van der Waals surface area contributed by atoms with Crippen molar-refractivity contribution >= 4 is 23.1 Å². The number of methoxy groups -OCH3 is 1. The maximum Gasteiger partial charge on any atom is 0.337 e. The van der Waals surface area contributed by atoms with Crippen molar-refractivity contribution in [1.82, 2.24) is 0 Å². The average Bonchev–Trinajstić information content (AvgIpc) is 2.57. The van der Waals surface area contributed by atoms with Crippen LogP contribution in [0.1, 0.15) is 33.5 Å². The lowest BCUT2D eigenvalue weighted by Crippen LogP contribution is -2.08. The molecule has 23 heavy (non-hydrogen) atoms. The van der Waals surface area contributed by atoms with Gasteiger partial charge in [0.15, 0.2) is 5.82 Å². The molecule has 0 aliphatic heterocycles. The molecular formula is C18H13ClF2O2. The zero-order valence-electron chi connectivity index (χ0n) is 12.3.